The van der Waals surface area contributed by atoms with E-state index >= 15 is 0 Å². The zero-order valence-corrected chi connectivity index (χ0v) is 18.3. The van der Waals surface area contributed by atoms with Gasteiger partial charge < -0.3 is 4.98 Å². The molecule has 28 heavy (non-hydrogen) atoms. The van der Waals surface area contributed by atoms with Crippen molar-refractivity contribution in [1.29, 1.82) is 0 Å². The van der Waals surface area contributed by atoms with Gasteiger partial charge in [-0.05, 0) is 39.5 Å². The smallest absolute Gasteiger partial charge is 0.0926 e. The number of imidazole rings is 1. The van der Waals surface area contributed by atoms with Gasteiger partial charge in [0.05, 0.1) is 23.3 Å². The topological polar surface area (TPSA) is 53.0 Å². The molecule has 0 atom stereocenters. The van der Waals surface area contributed by atoms with E-state index in [4.69, 9.17) is 10.1 Å². The van der Waals surface area contributed by atoms with Gasteiger partial charge in [-0.3, -0.25) is 14.5 Å². The van der Waals surface area contributed by atoms with Gasteiger partial charge in [-0.15, -0.1) is 0 Å². The predicted octanol–water partition coefficient (Wildman–Crippen LogP) is 3.25. The van der Waals surface area contributed by atoms with E-state index in [1.54, 1.807) is 0 Å². The number of aryl methyl sites for hydroxylation is 2. The lowest BCUT2D eigenvalue weighted by Crippen LogP contribution is -2.57. The summed E-state index contributed by atoms with van der Waals surface area (Å²) < 4.78 is 2.14. The van der Waals surface area contributed by atoms with Crippen molar-refractivity contribution in [3.05, 3.63) is 34.7 Å². The molecule has 1 N–H and O–H groups in total. The van der Waals surface area contributed by atoms with E-state index in [9.17, 15) is 0 Å². The van der Waals surface area contributed by atoms with Gasteiger partial charge in [-0.25, -0.2) is 4.98 Å². The first-order valence-electron chi connectivity index (χ1n) is 11.0. The predicted molar refractivity (Wildman–Crippen MR) is 112 cm³/mol. The Hall–Kier alpha value is -1.66. The first-order chi connectivity index (χ1) is 13.4. The van der Waals surface area contributed by atoms with Crippen LogP contribution in [0.5, 0.6) is 0 Å². The molecule has 2 aliphatic rings. The molecule has 0 bridgehead atoms. The third-order valence-corrected chi connectivity index (χ3v) is 6.88. The van der Waals surface area contributed by atoms with Crippen molar-refractivity contribution in [2.45, 2.75) is 72.5 Å². The number of rotatable bonds is 5. The fourth-order valence-corrected chi connectivity index (χ4v) is 5.36. The van der Waals surface area contributed by atoms with Crippen LogP contribution in [0.4, 0.5) is 0 Å². The number of nitrogens with one attached hydrogen (secondary N) is 1. The van der Waals surface area contributed by atoms with Gasteiger partial charge in [0.2, 0.25) is 0 Å². The summed E-state index contributed by atoms with van der Waals surface area (Å²) in [6, 6.07) is 0. The van der Waals surface area contributed by atoms with Crippen LogP contribution in [-0.2, 0) is 25.0 Å². The maximum Gasteiger partial charge on any atom is 0.0926 e. The van der Waals surface area contributed by atoms with Crippen LogP contribution in [0.2, 0.25) is 0 Å². The summed E-state index contributed by atoms with van der Waals surface area (Å²) in [5.41, 5.74) is 6.74. The lowest BCUT2D eigenvalue weighted by Gasteiger charge is -2.51. The van der Waals surface area contributed by atoms with Crippen LogP contribution in [-0.4, -0.2) is 55.7 Å². The Balaban J connectivity index is 1.52. The van der Waals surface area contributed by atoms with Crippen LogP contribution in [0.15, 0.2) is 6.33 Å². The molecule has 1 fully saturated rings. The van der Waals surface area contributed by atoms with Crippen LogP contribution in [0.3, 0.4) is 0 Å². The highest BCUT2D eigenvalue weighted by Gasteiger charge is 2.46. The molecular weight excluding hydrogens is 348 g/mol. The van der Waals surface area contributed by atoms with Crippen molar-refractivity contribution in [2.24, 2.45) is 5.92 Å². The second-order valence-corrected chi connectivity index (χ2v) is 9.09. The van der Waals surface area contributed by atoms with Crippen LogP contribution < -0.4 is 0 Å². The molecule has 154 valence electrons. The largest absolute Gasteiger partial charge is 0.348 e. The molecule has 1 saturated heterocycles. The van der Waals surface area contributed by atoms with Crippen LogP contribution in [0, 0.1) is 19.8 Å². The van der Waals surface area contributed by atoms with Gasteiger partial charge in [0.15, 0.2) is 0 Å². The molecule has 2 aliphatic heterocycles. The van der Waals surface area contributed by atoms with E-state index in [-0.39, 0.29) is 5.54 Å². The first kappa shape index (κ1) is 19.6. The molecule has 0 amide bonds. The number of aromatic nitrogens is 4. The number of H-pyrrole nitrogens is 1. The molecule has 0 saturated carbocycles. The number of likely N-dealkylation sites (tertiary alicyclic amines) is 1. The number of hydrogen-bond donors (Lipinski definition) is 1. The molecule has 6 heteroatoms. The molecule has 0 aliphatic carbocycles. The Morgan fingerprint density at radius 2 is 1.93 bits per heavy atom. The van der Waals surface area contributed by atoms with Crippen LogP contribution in [0.1, 0.15) is 62.0 Å². The van der Waals surface area contributed by atoms with E-state index in [2.05, 4.69) is 54.1 Å². The molecule has 0 aromatic carbocycles. The van der Waals surface area contributed by atoms with Crippen molar-refractivity contribution in [3.8, 4) is 0 Å². The Kier molecular flexibility index (Phi) is 5.36. The van der Waals surface area contributed by atoms with Crippen molar-refractivity contribution < 1.29 is 0 Å². The lowest BCUT2D eigenvalue weighted by molar-refractivity contribution is -0.00363. The highest BCUT2D eigenvalue weighted by molar-refractivity contribution is 5.28. The molecule has 4 rings (SSSR count). The number of nitrogens with zero attached hydrogens (tertiary/aromatic N) is 5. The van der Waals surface area contributed by atoms with Gasteiger partial charge in [-0.2, -0.15) is 5.10 Å². The van der Waals surface area contributed by atoms with Gasteiger partial charge in [-0.1, -0.05) is 13.8 Å². The fraction of sp³-hybridized carbons (Fsp3) is 0.727. The second kappa shape index (κ2) is 7.64. The quantitative estimate of drug-likeness (QED) is 0.860. The van der Waals surface area contributed by atoms with E-state index in [0.29, 0.717) is 5.92 Å². The Labute approximate surface area is 169 Å². The highest BCUT2D eigenvalue weighted by Crippen LogP contribution is 2.42. The maximum atomic E-state index is 4.81. The van der Waals surface area contributed by atoms with Gasteiger partial charge in [0, 0.05) is 62.6 Å². The Morgan fingerprint density at radius 1 is 1.18 bits per heavy atom. The average molecular weight is 385 g/mol. The third kappa shape index (κ3) is 3.30. The first-order valence-corrected chi connectivity index (χ1v) is 11.0. The molecule has 6 nitrogen and oxygen atoms in total. The molecule has 2 aromatic rings. The Bertz CT molecular complexity index is 809. The normalized spacial score (nSPS) is 20.2. The van der Waals surface area contributed by atoms with Crippen molar-refractivity contribution in [2.75, 3.05) is 26.2 Å². The summed E-state index contributed by atoms with van der Waals surface area (Å²) in [7, 11) is 0. The van der Waals surface area contributed by atoms with Gasteiger partial charge >= 0.3 is 0 Å². The summed E-state index contributed by atoms with van der Waals surface area (Å²) in [6.45, 7) is 17.7. The summed E-state index contributed by atoms with van der Waals surface area (Å²) >= 11 is 0. The van der Waals surface area contributed by atoms with E-state index in [0.717, 1.165) is 58.5 Å². The molecule has 0 radical (unpaired) electrons. The fourth-order valence-electron chi connectivity index (χ4n) is 5.36. The molecule has 4 heterocycles. The summed E-state index contributed by atoms with van der Waals surface area (Å²) in [5.74, 6) is 0.681. The minimum Gasteiger partial charge on any atom is -0.348 e. The molecule has 2 aromatic heterocycles. The van der Waals surface area contributed by atoms with Gasteiger partial charge in [0.1, 0.15) is 0 Å². The lowest BCUT2D eigenvalue weighted by atomic mass is 9.78. The number of hydrogen-bond acceptors (Lipinski definition) is 4. The summed E-state index contributed by atoms with van der Waals surface area (Å²) in [6.07, 6.45) is 5.33. The zero-order valence-electron chi connectivity index (χ0n) is 18.3. The second-order valence-electron chi connectivity index (χ2n) is 9.09. The van der Waals surface area contributed by atoms with E-state index in [1.165, 1.54) is 28.3 Å². The minimum absolute atomic E-state index is 0.117. The minimum atomic E-state index is 0.117. The molecule has 1 spiro atoms. The molecule has 0 unspecified atom stereocenters. The number of fused-ring (bicyclic) bond motifs is 2. The zero-order chi connectivity index (χ0) is 19.9. The van der Waals surface area contributed by atoms with Crippen molar-refractivity contribution in [3.63, 3.8) is 0 Å². The van der Waals surface area contributed by atoms with Crippen molar-refractivity contribution in [1.82, 2.24) is 29.5 Å². The summed E-state index contributed by atoms with van der Waals surface area (Å²) in [5, 5.41) is 4.71. The van der Waals surface area contributed by atoms with Crippen LogP contribution >= 0.6 is 0 Å². The third-order valence-electron chi connectivity index (χ3n) is 6.88. The van der Waals surface area contributed by atoms with Crippen LogP contribution in [0.25, 0.3) is 0 Å². The SMILES string of the molecule is CCn1nc(C)c(CN2CCC3(CC2)c2nc[nH]c2CCN3CC(C)C)c1C. The summed E-state index contributed by atoms with van der Waals surface area (Å²) in [4.78, 5) is 13.6. The van der Waals surface area contributed by atoms with Crippen molar-refractivity contribution >= 4 is 0 Å². The number of aromatic amines is 1. The number of piperidine rings is 1. The maximum absolute atomic E-state index is 4.81. The standard InChI is InChI=1S/C22H36N6/c1-6-28-18(5)19(17(4)25-28)14-26-11-8-22(9-12-26)21-20(23-15-24-21)7-10-27(22)13-16(2)3/h15-16H,6-14H2,1-5H3,(H,23,24). The van der Waals surface area contributed by atoms with E-state index < -0.39 is 0 Å². The van der Waals surface area contributed by atoms with Gasteiger partial charge in [0.25, 0.3) is 0 Å². The monoisotopic (exact) mass is 384 g/mol. The molecular formula is C22H36N6. The Morgan fingerprint density at radius 3 is 2.57 bits per heavy atom. The van der Waals surface area contributed by atoms with E-state index in [1.807, 2.05) is 6.33 Å². The average Bonchev–Trinajstić information content (AvgIpc) is 3.26. The highest BCUT2D eigenvalue weighted by atomic mass is 15.3.